The molecule has 0 aliphatic rings. The molecule has 0 fully saturated rings. The molecule has 4 nitrogen and oxygen atoms in total. The molecule has 1 unspecified atom stereocenters. The minimum atomic E-state index is -0.686. The van der Waals surface area contributed by atoms with Crippen LogP contribution in [0.2, 0.25) is 9.36 Å². The van der Waals surface area contributed by atoms with Crippen LogP contribution in [-0.4, -0.2) is 17.6 Å². The van der Waals surface area contributed by atoms with Gasteiger partial charge in [0.1, 0.15) is 9.34 Å². The summed E-state index contributed by atoms with van der Waals surface area (Å²) in [5.74, 6) is -0.395. The second-order valence-electron chi connectivity index (χ2n) is 3.84. The van der Waals surface area contributed by atoms with Gasteiger partial charge in [-0.1, -0.05) is 23.2 Å². The Labute approximate surface area is 130 Å². The van der Waals surface area contributed by atoms with E-state index >= 15 is 0 Å². The highest BCUT2D eigenvalue weighted by atomic mass is 35.5. The van der Waals surface area contributed by atoms with Crippen LogP contribution in [0.15, 0.2) is 30.5 Å². The molecule has 1 atom stereocenters. The van der Waals surface area contributed by atoms with Crippen molar-refractivity contribution in [2.45, 2.75) is 13.0 Å². The van der Waals surface area contributed by atoms with E-state index in [1.54, 1.807) is 31.2 Å². The highest BCUT2D eigenvalue weighted by Gasteiger charge is 2.25. The molecule has 0 spiro atoms. The molecule has 106 valence electrons. The van der Waals surface area contributed by atoms with E-state index in [9.17, 15) is 4.79 Å². The van der Waals surface area contributed by atoms with E-state index in [2.05, 4.69) is 10.3 Å². The third kappa shape index (κ3) is 3.85. The minimum Gasteiger partial charge on any atom is -0.464 e. The van der Waals surface area contributed by atoms with Gasteiger partial charge in [0.25, 0.3) is 0 Å². The number of benzene rings is 1. The monoisotopic (exact) mass is 330 g/mol. The zero-order chi connectivity index (χ0) is 14.5. The van der Waals surface area contributed by atoms with Gasteiger partial charge < -0.3 is 10.1 Å². The topological polar surface area (TPSA) is 51.2 Å². The van der Waals surface area contributed by atoms with Crippen LogP contribution in [0.1, 0.15) is 18.0 Å². The van der Waals surface area contributed by atoms with Crippen LogP contribution in [0.5, 0.6) is 0 Å². The average Bonchev–Trinajstić information content (AvgIpc) is 2.84. The first kappa shape index (κ1) is 15.1. The number of carbonyl (C=O) groups is 1. The Hall–Kier alpha value is -1.30. The summed E-state index contributed by atoms with van der Waals surface area (Å²) in [6.07, 6.45) is 1.51. The molecule has 1 aromatic carbocycles. The number of nitrogens with zero attached hydrogens (tertiary/aromatic N) is 1. The van der Waals surface area contributed by atoms with Gasteiger partial charge in [-0.3, -0.25) is 0 Å². The molecule has 7 heteroatoms. The number of anilines is 1. The molecular weight excluding hydrogens is 319 g/mol. The fraction of sp³-hybridized carbons (Fsp3) is 0.231. The molecule has 0 saturated heterocycles. The van der Waals surface area contributed by atoms with Crippen LogP contribution in [0.25, 0.3) is 0 Å². The quantitative estimate of drug-likeness (QED) is 0.836. The number of rotatable bonds is 5. The van der Waals surface area contributed by atoms with Crippen LogP contribution < -0.4 is 5.32 Å². The maximum atomic E-state index is 12.0. The van der Waals surface area contributed by atoms with Gasteiger partial charge in [-0.05, 0) is 31.2 Å². The lowest BCUT2D eigenvalue weighted by Gasteiger charge is -2.16. The average molecular weight is 331 g/mol. The summed E-state index contributed by atoms with van der Waals surface area (Å²) in [6.45, 7) is 2.06. The van der Waals surface area contributed by atoms with Crippen molar-refractivity contribution in [1.29, 1.82) is 0 Å². The third-order valence-electron chi connectivity index (χ3n) is 2.42. The van der Waals surface area contributed by atoms with Gasteiger partial charge in [0, 0.05) is 10.7 Å². The van der Waals surface area contributed by atoms with Crippen molar-refractivity contribution in [2.24, 2.45) is 0 Å². The first-order valence-corrected chi connectivity index (χ1v) is 7.47. The van der Waals surface area contributed by atoms with Gasteiger partial charge in [0.05, 0.1) is 12.8 Å². The normalized spacial score (nSPS) is 11.9. The number of carbonyl (C=O) groups excluding carboxylic acids is 1. The van der Waals surface area contributed by atoms with Crippen molar-refractivity contribution in [2.75, 3.05) is 11.9 Å². The molecule has 0 aliphatic heterocycles. The fourth-order valence-electron chi connectivity index (χ4n) is 1.56. The van der Waals surface area contributed by atoms with Crippen LogP contribution in [0.3, 0.4) is 0 Å². The SMILES string of the molecule is CCOC(=O)C(Nc1ccc(Cl)cc1)c1ncc(Cl)s1. The number of hydrogen-bond acceptors (Lipinski definition) is 5. The molecule has 0 bridgehead atoms. The summed E-state index contributed by atoms with van der Waals surface area (Å²) >= 11 is 12.9. The number of aromatic nitrogens is 1. The molecule has 2 rings (SSSR count). The zero-order valence-electron chi connectivity index (χ0n) is 10.6. The smallest absolute Gasteiger partial charge is 0.335 e. The lowest BCUT2D eigenvalue weighted by molar-refractivity contribution is -0.144. The lowest BCUT2D eigenvalue weighted by atomic mass is 10.2. The Morgan fingerprint density at radius 3 is 2.65 bits per heavy atom. The summed E-state index contributed by atoms with van der Waals surface area (Å²) in [5.41, 5.74) is 0.749. The molecule has 0 amide bonds. The Balaban J connectivity index is 2.22. The summed E-state index contributed by atoms with van der Waals surface area (Å²) in [7, 11) is 0. The molecule has 1 N–H and O–H groups in total. The molecule has 20 heavy (non-hydrogen) atoms. The minimum absolute atomic E-state index is 0.302. The molecule has 2 aromatic rings. The van der Waals surface area contributed by atoms with Crippen molar-refractivity contribution in [3.63, 3.8) is 0 Å². The molecule has 1 heterocycles. The van der Waals surface area contributed by atoms with Crippen molar-refractivity contribution in [3.8, 4) is 0 Å². The van der Waals surface area contributed by atoms with Gasteiger partial charge >= 0.3 is 5.97 Å². The van der Waals surface area contributed by atoms with Crippen LogP contribution in [0.4, 0.5) is 5.69 Å². The second-order valence-corrected chi connectivity index (χ2v) is 5.97. The predicted molar refractivity (Wildman–Crippen MR) is 81.6 cm³/mol. The number of hydrogen-bond donors (Lipinski definition) is 1. The Kier molecular flexibility index (Phi) is 5.23. The van der Waals surface area contributed by atoms with Crippen molar-refractivity contribution < 1.29 is 9.53 Å². The predicted octanol–water partition coefficient (Wildman–Crippen LogP) is 4.17. The molecule has 1 aromatic heterocycles. The van der Waals surface area contributed by atoms with Crippen molar-refractivity contribution in [1.82, 2.24) is 4.98 Å². The second kappa shape index (κ2) is 6.92. The summed E-state index contributed by atoms with van der Waals surface area (Å²) in [4.78, 5) is 16.2. The van der Waals surface area contributed by atoms with E-state index in [4.69, 9.17) is 27.9 Å². The summed E-state index contributed by atoms with van der Waals surface area (Å²) in [5, 5.41) is 4.26. The Morgan fingerprint density at radius 2 is 2.10 bits per heavy atom. The summed E-state index contributed by atoms with van der Waals surface area (Å²) < 4.78 is 5.58. The Morgan fingerprint density at radius 1 is 1.40 bits per heavy atom. The number of nitrogens with one attached hydrogen (secondary N) is 1. The van der Waals surface area contributed by atoms with E-state index < -0.39 is 12.0 Å². The maximum absolute atomic E-state index is 12.0. The summed E-state index contributed by atoms with van der Waals surface area (Å²) in [6, 6.07) is 6.35. The highest BCUT2D eigenvalue weighted by Crippen LogP contribution is 2.28. The Bertz CT molecular complexity index is 586. The molecule has 0 aliphatic carbocycles. The zero-order valence-corrected chi connectivity index (χ0v) is 12.9. The van der Waals surface area contributed by atoms with Crippen molar-refractivity contribution in [3.05, 3.63) is 44.8 Å². The van der Waals surface area contributed by atoms with E-state index in [0.29, 0.717) is 21.0 Å². The van der Waals surface area contributed by atoms with E-state index in [1.807, 2.05) is 0 Å². The fourth-order valence-corrected chi connectivity index (χ4v) is 2.66. The number of thiazole rings is 1. The number of ether oxygens (including phenoxy) is 1. The van der Waals surface area contributed by atoms with E-state index in [0.717, 1.165) is 5.69 Å². The molecular formula is C13H12Cl2N2O2S. The first-order valence-electron chi connectivity index (χ1n) is 5.90. The van der Waals surface area contributed by atoms with Crippen LogP contribution in [0, 0.1) is 0 Å². The van der Waals surface area contributed by atoms with Gasteiger partial charge in [-0.2, -0.15) is 0 Å². The molecule has 0 radical (unpaired) electrons. The number of esters is 1. The number of halogens is 2. The maximum Gasteiger partial charge on any atom is 0.335 e. The third-order valence-corrected chi connectivity index (χ3v) is 3.85. The van der Waals surface area contributed by atoms with Gasteiger partial charge in [0.2, 0.25) is 0 Å². The van der Waals surface area contributed by atoms with E-state index in [-0.39, 0.29) is 0 Å². The highest BCUT2D eigenvalue weighted by molar-refractivity contribution is 7.16. The van der Waals surface area contributed by atoms with Gasteiger partial charge in [-0.25, -0.2) is 9.78 Å². The van der Waals surface area contributed by atoms with Crippen LogP contribution in [-0.2, 0) is 9.53 Å². The first-order chi connectivity index (χ1) is 9.60. The van der Waals surface area contributed by atoms with Gasteiger partial charge in [-0.15, -0.1) is 11.3 Å². The largest absolute Gasteiger partial charge is 0.464 e. The molecule has 0 saturated carbocycles. The van der Waals surface area contributed by atoms with Crippen molar-refractivity contribution >= 4 is 46.2 Å². The standard InChI is InChI=1S/C13H12Cl2N2O2S/c1-2-19-13(18)11(12-16-7-10(15)20-12)17-9-5-3-8(14)4-6-9/h3-7,11,17H,2H2,1H3. The lowest BCUT2D eigenvalue weighted by Crippen LogP contribution is -2.23. The van der Waals surface area contributed by atoms with Gasteiger partial charge in [0.15, 0.2) is 6.04 Å². The van der Waals surface area contributed by atoms with Crippen LogP contribution >= 0.6 is 34.5 Å². The van der Waals surface area contributed by atoms with E-state index in [1.165, 1.54) is 17.5 Å².